The van der Waals surface area contributed by atoms with Crippen molar-refractivity contribution >= 4 is 11.2 Å². The van der Waals surface area contributed by atoms with Crippen LogP contribution < -0.4 is 5.56 Å². The number of aliphatic hydroxyl groups excluding tert-OH is 2. The number of rotatable bonds is 2. The second-order valence-electron chi connectivity index (χ2n) is 4.92. The quantitative estimate of drug-likeness (QED) is 0.506. The van der Waals surface area contributed by atoms with Crippen molar-refractivity contribution in [2.75, 3.05) is 6.61 Å². The van der Waals surface area contributed by atoms with Gasteiger partial charge in [0.05, 0.1) is 19.3 Å². The molecule has 0 amide bonds. The highest BCUT2D eigenvalue weighted by Crippen LogP contribution is 2.37. The van der Waals surface area contributed by atoms with E-state index in [1.807, 2.05) is 0 Å². The Balaban J connectivity index is 2.09. The Hall–Kier alpha value is -1.81. The van der Waals surface area contributed by atoms with Crippen molar-refractivity contribution in [1.82, 2.24) is 19.5 Å². The lowest BCUT2D eigenvalue weighted by atomic mass is 9.95. The molecule has 0 saturated carbocycles. The maximum Gasteiger partial charge on any atom is 0.278 e. The van der Waals surface area contributed by atoms with E-state index >= 15 is 0 Å². The molecule has 4 atom stereocenters. The van der Waals surface area contributed by atoms with Crippen LogP contribution in [0.3, 0.4) is 0 Å². The Bertz CT molecular complexity index is 693. The van der Waals surface area contributed by atoms with Gasteiger partial charge >= 0.3 is 0 Å². The summed E-state index contributed by atoms with van der Waals surface area (Å²) in [4.78, 5) is 21.9. The van der Waals surface area contributed by atoms with Crippen molar-refractivity contribution in [2.45, 2.75) is 31.0 Å². The van der Waals surface area contributed by atoms with Crippen LogP contribution >= 0.6 is 0 Å². The molecule has 1 fully saturated rings. The first kappa shape index (κ1) is 13.2. The van der Waals surface area contributed by atoms with Gasteiger partial charge in [-0.3, -0.25) is 9.36 Å². The minimum absolute atomic E-state index is 0.107. The summed E-state index contributed by atoms with van der Waals surface area (Å²) in [5, 5.41) is 29.5. The van der Waals surface area contributed by atoms with Crippen LogP contribution in [0.15, 0.2) is 17.4 Å². The Morgan fingerprint density at radius 2 is 2.30 bits per heavy atom. The molecule has 0 aliphatic carbocycles. The van der Waals surface area contributed by atoms with Crippen molar-refractivity contribution in [3.8, 4) is 0 Å². The van der Waals surface area contributed by atoms with E-state index in [9.17, 15) is 20.1 Å². The Kier molecular flexibility index (Phi) is 2.87. The minimum atomic E-state index is -1.61. The highest BCUT2D eigenvalue weighted by atomic mass is 16.6. The number of H-pyrrole nitrogens is 1. The van der Waals surface area contributed by atoms with Crippen molar-refractivity contribution in [3.63, 3.8) is 0 Å². The molecule has 0 unspecified atom stereocenters. The van der Waals surface area contributed by atoms with Gasteiger partial charge in [0, 0.05) is 0 Å². The minimum Gasteiger partial charge on any atom is -0.394 e. The molecule has 0 spiro atoms. The number of fused-ring (bicyclic) bond motifs is 1. The fourth-order valence-electron chi connectivity index (χ4n) is 2.35. The molecule has 1 aliphatic rings. The van der Waals surface area contributed by atoms with Crippen LogP contribution in [0.5, 0.6) is 0 Å². The Morgan fingerprint density at radius 1 is 1.55 bits per heavy atom. The number of hydrogen-bond acceptors (Lipinski definition) is 7. The third-order valence-electron chi connectivity index (χ3n) is 3.63. The summed E-state index contributed by atoms with van der Waals surface area (Å²) in [6.07, 6.45) is -0.704. The average Bonchev–Trinajstić information content (AvgIpc) is 2.92. The molecule has 2 aromatic heterocycles. The monoisotopic (exact) mass is 282 g/mol. The number of imidazole rings is 1. The molecule has 0 radical (unpaired) electrons. The number of nitrogens with one attached hydrogen (secondary N) is 1. The zero-order valence-corrected chi connectivity index (χ0v) is 10.6. The third kappa shape index (κ3) is 1.68. The normalized spacial score (nSPS) is 33.9. The number of nitrogens with zero attached hydrogens (tertiary/aromatic N) is 3. The summed E-state index contributed by atoms with van der Waals surface area (Å²) in [5.74, 6) is 0. The SMILES string of the molecule is C[C@@]1(O)[C@@H](CO)O[C@@H](n2cnc3c(=O)[nH]cnc32)[C@@H]1O. The van der Waals surface area contributed by atoms with Gasteiger partial charge in [-0.15, -0.1) is 0 Å². The first-order chi connectivity index (χ1) is 9.46. The van der Waals surface area contributed by atoms with Crippen LogP contribution in [0, 0.1) is 0 Å². The molecule has 2 aromatic rings. The fourth-order valence-corrected chi connectivity index (χ4v) is 2.35. The summed E-state index contributed by atoms with van der Waals surface area (Å²) < 4.78 is 6.81. The van der Waals surface area contributed by atoms with Gasteiger partial charge in [-0.25, -0.2) is 9.97 Å². The lowest BCUT2D eigenvalue weighted by molar-refractivity contribution is -0.0804. The maximum absolute atomic E-state index is 11.6. The van der Waals surface area contributed by atoms with Crippen LogP contribution in [0.2, 0.25) is 0 Å². The van der Waals surface area contributed by atoms with Crippen LogP contribution in [0.4, 0.5) is 0 Å². The van der Waals surface area contributed by atoms with Crippen molar-refractivity contribution in [2.24, 2.45) is 0 Å². The van der Waals surface area contributed by atoms with Gasteiger partial charge < -0.3 is 25.0 Å². The Labute approximate surface area is 112 Å². The molecule has 9 nitrogen and oxygen atoms in total. The second-order valence-corrected chi connectivity index (χ2v) is 4.92. The predicted octanol–water partition coefficient (Wildman–Crippen LogP) is -1.88. The van der Waals surface area contributed by atoms with Crippen LogP contribution in [-0.4, -0.2) is 59.3 Å². The van der Waals surface area contributed by atoms with E-state index in [-0.39, 0.29) is 11.2 Å². The van der Waals surface area contributed by atoms with Crippen molar-refractivity contribution < 1.29 is 20.1 Å². The number of hydrogen-bond donors (Lipinski definition) is 4. The molecule has 9 heteroatoms. The summed E-state index contributed by atoms with van der Waals surface area (Å²) in [6.45, 7) is 0.930. The van der Waals surface area contributed by atoms with Gasteiger partial charge in [-0.2, -0.15) is 0 Å². The average molecular weight is 282 g/mol. The number of aromatic nitrogens is 4. The van der Waals surface area contributed by atoms with Gasteiger partial charge in [0.2, 0.25) is 0 Å². The number of aliphatic hydroxyl groups is 3. The summed E-state index contributed by atoms with van der Waals surface area (Å²) in [6, 6.07) is 0. The number of ether oxygens (including phenoxy) is 1. The zero-order chi connectivity index (χ0) is 14.5. The van der Waals surface area contributed by atoms with Gasteiger partial charge in [0.1, 0.15) is 17.8 Å². The molecule has 108 valence electrons. The maximum atomic E-state index is 11.6. The molecule has 1 saturated heterocycles. The molecular formula is C11H14N4O5. The van der Waals surface area contributed by atoms with Gasteiger partial charge in [-0.1, -0.05) is 0 Å². The fraction of sp³-hybridized carbons (Fsp3) is 0.545. The van der Waals surface area contributed by atoms with Gasteiger partial charge in [0.25, 0.3) is 5.56 Å². The first-order valence-electron chi connectivity index (χ1n) is 6.03. The van der Waals surface area contributed by atoms with E-state index in [1.54, 1.807) is 0 Å². The molecule has 0 bridgehead atoms. The lowest BCUT2D eigenvalue weighted by Crippen LogP contribution is -2.46. The summed E-state index contributed by atoms with van der Waals surface area (Å²) >= 11 is 0. The molecule has 3 rings (SSSR count). The standard InChI is InChI=1S/C11H14N4O5/c1-11(19)5(2-16)20-10(7(11)17)15-4-14-6-8(15)12-3-13-9(6)18/h3-5,7,10,16-17,19H,2H2,1H3,(H,12,13,18)/t5-,7+,10-,11-/m1/s1. The van der Waals surface area contributed by atoms with E-state index < -0.39 is 36.2 Å². The van der Waals surface area contributed by atoms with Crippen LogP contribution in [0.25, 0.3) is 11.2 Å². The van der Waals surface area contributed by atoms with Crippen LogP contribution in [0.1, 0.15) is 13.2 Å². The van der Waals surface area contributed by atoms with Crippen molar-refractivity contribution in [3.05, 3.63) is 23.0 Å². The highest BCUT2D eigenvalue weighted by Gasteiger charge is 2.52. The summed E-state index contributed by atoms with van der Waals surface area (Å²) in [7, 11) is 0. The van der Waals surface area contributed by atoms with E-state index in [0.29, 0.717) is 0 Å². The molecule has 1 aliphatic heterocycles. The molecule has 0 aromatic carbocycles. The van der Waals surface area contributed by atoms with E-state index in [4.69, 9.17) is 4.74 Å². The molecule has 20 heavy (non-hydrogen) atoms. The van der Waals surface area contributed by atoms with E-state index in [0.717, 1.165) is 0 Å². The topological polar surface area (TPSA) is 133 Å². The molecule has 3 heterocycles. The smallest absolute Gasteiger partial charge is 0.278 e. The molecular weight excluding hydrogens is 268 g/mol. The largest absolute Gasteiger partial charge is 0.394 e. The second kappa shape index (κ2) is 4.35. The Morgan fingerprint density at radius 3 is 2.95 bits per heavy atom. The third-order valence-corrected chi connectivity index (χ3v) is 3.63. The highest BCUT2D eigenvalue weighted by molar-refractivity contribution is 5.68. The predicted molar refractivity (Wildman–Crippen MR) is 65.8 cm³/mol. The number of aromatic amines is 1. The van der Waals surface area contributed by atoms with E-state index in [2.05, 4.69) is 15.0 Å². The summed E-state index contributed by atoms with van der Waals surface area (Å²) in [5.41, 5.74) is -1.69. The molecule has 4 N–H and O–H groups in total. The van der Waals surface area contributed by atoms with Gasteiger partial charge in [-0.05, 0) is 6.92 Å². The van der Waals surface area contributed by atoms with Gasteiger partial charge in [0.15, 0.2) is 17.4 Å². The van der Waals surface area contributed by atoms with Crippen molar-refractivity contribution in [1.29, 1.82) is 0 Å². The van der Waals surface area contributed by atoms with E-state index in [1.165, 1.54) is 24.1 Å². The van der Waals surface area contributed by atoms with Crippen LogP contribution in [-0.2, 0) is 4.74 Å². The first-order valence-corrected chi connectivity index (χ1v) is 6.03. The lowest BCUT2D eigenvalue weighted by Gasteiger charge is -2.25. The zero-order valence-electron chi connectivity index (χ0n) is 10.6.